The zero-order valence-corrected chi connectivity index (χ0v) is 22.9. The third-order valence-electron chi connectivity index (χ3n) is 7.38. The van der Waals surface area contributed by atoms with Gasteiger partial charge in [-0.25, -0.2) is 4.39 Å². The minimum absolute atomic E-state index is 0.00905. The number of nitrogens with zero attached hydrogens (tertiary/aromatic N) is 1. The molecule has 0 spiro atoms. The second kappa shape index (κ2) is 13.1. The fraction of sp³-hybridized carbons (Fsp3) is 0.536. The van der Waals surface area contributed by atoms with Crippen molar-refractivity contribution < 1.29 is 23.4 Å². The number of aliphatic hydroxyl groups is 1. The van der Waals surface area contributed by atoms with Gasteiger partial charge in [0, 0.05) is 31.4 Å². The van der Waals surface area contributed by atoms with E-state index in [4.69, 9.17) is 0 Å². The number of anilines is 2. The molecule has 1 saturated carbocycles. The number of halogens is 1. The van der Waals surface area contributed by atoms with Crippen LogP contribution >= 0.6 is 10.8 Å². The Labute approximate surface area is 226 Å². The van der Waals surface area contributed by atoms with Crippen LogP contribution in [-0.2, 0) is 6.42 Å². The third-order valence-corrected chi connectivity index (χ3v) is 9.30. The molecule has 2 aromatic carbocycles. The van der Waals surface area contributed by atoms with E-state index in [1.807, 2.05) is 37.3 Å². The predicted octanol–water partition coefficient (Wildman–Crippen LogP) is 4.76. The second-order valence-electron chi connectivity index (χ2n) is 10.3. The average Bonchev–Trinajstić information content (AvgIpc) is 3.27. The van der Waals surface area contributed by atoms with E-state index in [0.717, 1.165) is 18.4 Å². The van der Waals surface area contributed by atoms with E-state index in [0.29, 0.717) is 37.7 Å². The summed E-state index contributed by atoms with van der Waals surface area (Å²) in [6, 6.07) is 12.2. The average molecular weight is 549 g/mol. The zero-order chi connectivity index (χ0) is 27.1. The minimum atomic E-state index is -3.15. The highest BCUT2D eigenvalue weighted by Crippen LogP contribution is 2.52. The summed E-state index contributed by atoms with van der Waals surface area (Å²) in [5.74, 6) is -1.30. The summed E-state index contributed by atoms with van der Waals surface area (Å²) >= 11 is 0. The molecule has 2 atom stereocenters. The van der Waals surface area contributed by atoms with E-state index in [1.165, 1.54) is 35.7 Å². The molecule has 1 heterocycles. The van der Waals surface area contributed by atoms with Crippen LogP contribution < -0.4 is 20.3 Å². The van der Waals surface area contributed by atoms with Crippen LogP contribution in [0.25, 0.3) is 0 Å². The summed E-state index contributed by atoms with van der Waals surface area (Å²) in [5, 5.41) is 20.6. The van der Waals surface area contributed by atoms with Crippen molar-refractivity contribution in [2.24, 2.45) is 0 Å². The summed E-state index contributed by atoms with van der Waals surface area (Å²) < 4.78 is 38.0. The lowest BCUT2D eigenvalue weighted by Crippen LogP contribution is -2.50. The Hall–Kier alpha value is -2.37. The van der Waals surface area contributed by atoms with Crippen molar-refractivity contribution in [2.45, 2.75) is 70.1 Å². The third kappa shape index (κ3) is 7.18. The molecule has 0 bridgehead atoms. The lowest BCUT2D eigenvalue weighted by atomic mass is 9.95. The van der Waals surface area contributed by atoms with Gasteiger partial charge in [-0.3, -0.25) is 18.2 Å². The Morgan fingerprint density at radius 3 is 2.53 bits per heavy atom. The number of nitrogens with one attached hydrogen (secondary N) is 3. The predicted molar refractivity (Wildman–Crippen MR) is 153 cm³/mol. The van der Waals surface area contributed by atoms with E-state index < -0.39 is 34.6 Å². The van der Waals surface area contributed by atoms with Gasteiger partial charge in [-0.15, -0.1) is 10.8 Å². The van der Waals surface area contributed by atoms with Gasteiger partial charge in [0.15, 0.2) is 5.82 Å². The van der Waals surface area contributed by atoms with Crippen LogP contribution in [0.3, 0.4) is 0 Å². The highest BCUT2D eigenvalue weighted by molar-refractivity contribution is 8.25. The van der Waals surface area contributed by atoms with Crippen molar-refractivity contribution in [1.82, 2.24) is 10.6 Å². The maximum absolute atomic E-state index is 15.8. The SMILES string of the molecule is CCNc1cc(C(=O)N[C@@H](Cc2ccccc2)[C@@H](O)CNC2CCCCC2)c(F)c(N2CCCS2(O)O)c1. The molecular formula is C28H41FN4O4S. The molecule has 0 unspecified atom stereocenters. The van der Waals surface area contributed by atoms with Gasteiger partial charge in [0.2, 0.25) is 0 Å². The van der Waals surface area contributed by atoms with Crippen LogP contribution in [0.4, 0.5) is 15.8 Å². The smallest absolute Gasteiger partial charge is 0.254 e. The fourth-order valence-electron chi connectivity index (χ4n) is 5.33. The molecular weight excluding hydrogens is 507 g/mol. The summed E-state index contributed by atoms with van der Waals surface area (Å²) in [4.78, 5) is 13.5. The second-order valence-corrected chi connectivity index (χ2v) is 12.4. The van der Waals surface area contributed by atoms with Crippen LogP contribution in [0.1, 0.15) is 61.4 Å². The van der Waals surface area contributed by atoms with Gasteiger partial charge in [-0.2, -0.15) is 0 Å². The number of benzene rings is 2. The van der Waals surface area contributed by atoms with E-state index in [1.54, 1.807) is 0 Å². The molecule has 1 aliphatic carbocycles. The molecule has 8 nitrogen and oxygen atoms in total. The van der Waals surface area contributed by atoms with Gasteiger partial charge < -0.3 is 21.1 Å². The number of carbonyl (C=O) groups is 1. The van der Waals surface area contributed by atoms with Crippen molar-refractivity contribution in [3.05, 3.63) is 59.4 Å². The molecule has 38 heavy (non-hydrogen) atoms. The first-order chi connectivity index (χ1) is 18.3. The van der Waals surface area contributed by atoms with Crippen LogP contribution in [0.2, 0.25) is 0 Å². The molecule has 1 saturated heterocycles. The van der Waals surface area contributed by atoms with Crippen molar-refractivity contribution in [2.75, 3.05) is 35.0 Å². The molecule has 6 N–H and O–H groups in total. The Bertz CT molecular complexity index is 1070. The van der Waals surface area contributed by atoms with Crippen LogP contribution in [0, 0.1) is 5.82 Å². The van der Waals surface area contributed by atoms with Crippen molar-refractivity contribution >= 4 is 28.1 Å². The quantitative estimate of drug-likeness (QED) is 0.240. The molecule has 4 rings (SSSR count). The van der Waals surface area contributed by atoms with Gasteiger partial charge in [-0.05, 0) is 50.3 Å². The Balaban J connectivity index is 1.57. The zero-order valence-electron chi connectivity index (χ0n) is 22.0. The normalized spacial score (nSPS) is 20.1. The molecule has 0 radical (unpaired) electrons. The maximum atomic E-state index is 15.8. The number of hydrogen-bond acceptors (Lipinski definition) is 7. The monoisotopic (exact) mass is 548 g/mol. The fourth-order valence-corrected chi connectivity index (χ4v) is 6.94. The summed E-state index contributed by atoms with van der Waals surface area (Å²) in [6.07, 6.45) is 5.74. The molecule has 1 amide bonds. The van der Waals surface area contributed by atoms with Gasteiger partial charge in [0.05, 0.1) is 29.1 Å². The summed E-state index contributed by atoms with van der Waals surface area (Å²) in [6.45, 7) is 3.04. The first kappa shape index (κ1) is 28.6. The number of amides is 1. The van der Waals surface area contributed by atoms with E-state index >= 15 is 4.39 Å². The molecule has 10 heteroatoms. The summed E-state index contributed by atoms with van der Waals surface area (Å²) in [7, 11) is -3.15. The first-order valence-corrected chi connectivity index (χ1v) is 15.3. The lowest BCUT2D eigenvalue weighted by molar-refractivity contribution is 0.0817. The van der Waals surface area contributed by atoms with E-state index in [2.05, 4.69) is 16.0 Å². The highest BCUT2D eigenvalue weighted by atomic mass is 32.3. The van der Waals surface area contributed by atoms with Crippen LogP contribution in [0.5, 0.6) is 0 Å². The first-order valence-electron chi connectivity index (χ1n) is 13.7. The molecule has 2 aromatic rings. The minimum Gasteiger partial charge on any atom is -0.390 e. The van der Waals surface area contributed by atoms with Gasteiger partial charge >= 0.3 is 0 Å². The Morgan fingerprint density at radius 1 is 1.13 bits per heavy atom. The van der Waals surface area contributed by atoms with E-state index in [9.17, 15) is 19.0 Å². The van der Waals surface area contributed by atoms with Crippen molar-refractivity contribution in [3.8, 4) is 0 Å². The van der Waals surface area contributed by atoms with Crippen molar-refractivity contribution in [1.29, 1.82) is 0 Å². The topological polar surface area (TPSA) is 117 Å². The molecule has 2 fully saturated rings. The maximum Gasteiger partial charge on any atom is 0.254 e. The number of aliphatic hydroxyl groups excluding tert-OH is 1. The Morgan fingerprint density at radius 2 is 1.87 bits per heavy atom. The largest absolute Gasteiger partial charge is 0.390 e. The number of rotatable bonds is 11. The number of carbonyl (C=O) groups excluding carboxylic acids is 1. The van der Waals surface area contributed by atoms with E-state index in [-0.39, 0.29) is 23.5 Å². The molecule has 1 aliphatic heterocycles. The standard InChI is InChI=1S/C28H41FN4O4S/c1-2-30-22-17-23(27(29)25(18-22)33-14-9-15-38(33,36)37)28(35)32-24(16-20-10-5-3-6-11-20)26(34)19-31-21-12-7-4-8-13-21/h3,5-6,10-11,17-18,21,24,26,30-31,34,36-37H,2,4,7-9,12-16,19H2,1H3,(H,32,35)/t24-,26-/m0/s1. The molecule has 2 aliphatic rings. The number of hydrogen-bond donors (Lipinski definition) is 6. The Kier molecular flexibility index (Phi) is 9.89. The highest BCUT2D eigenvalue weighted by Gasteiger charge is 2.33. The van der Waals surface area contributed by atoms with Gasteiger partial charge in [0.1, 0.15) is 0 Å². The lowest BCUT2D eigenvalue weighted by Gasteiger charge is -2.38. The van der Waals surface area contributed by atoms with Gasteiger partial charge in [-0.1, -0.05) is 49.6 Å². The van der Waals surface area contributed by atoms with Crippen LogP contribution in [0.15, 0.2) is 42.5 Å². The van der Waals surface area contributed by atoms with Crippen molar-refractivity contribution in [3.63, 3.8) is 0 Å². The van der Waals surface area contributed by atoms with Gasteiger partial charge in [0.25, 0.3) is 5.91 Å². The molecule has 210 valence electrons. The summed E-state index contributed by atoms with van der Waals surface area (Å²) in [5.41, 5.74) is 1.25. The molecule has 0 aromatic heterocycles. The van der Waals surface area contributed by atoms with Crippen LogP contribution in [-0.4, -0.2) is 63.7 Å².